The van der Waals surface area contributed by atoms with E-state index in [1.165, 1.54) is 14.2 Å². The Morgan fingerprint density at radius 1 is 0.933 bits per heavy atom. The molecule has 2 atom stereocenters. The predicted octanol–water partition coefficient (Wildman–Crippen LogP) is 2.75. The van der Waals surface area contributed by atoms with Gasteiger partial charge < -0.3 is 40.4 Å². The van der Waals surface area contributed by atoms with Gasteiger partial charge in [-0.3, -0.25) is 19.2 Å². The zero-order chi connectivity index (χ0) is 32.3. The molecule has 2 aromatic carbocycles. The molecular weight excluding hydrogens is 578 g/mol. The second-order valence-corrected chi connectivity index (χ2v) is 11.6. The Hall–Kier alpha value is -4.32. The molecule has 1 fully saturated rings. The summed E-state index contributed by atoms with van der Waals surface area (Å²) in [6.45, 7) is 5.05. The van der Waals surface area contributed by atoms with Crippen LogP contribution in [0.4, 0.5) is 0 Å². The van der Waals surface area contributed by atoms with Crippen molar-refractivity contribution in [1.29, 1.82) is 0 Å². The summed E-state index contributed by atoms with van der Waals surface area (Å²) in [4.78, 5) is 54.8. The van der Waals surface area contributed by atoms with Gasteiger partial charge in [-0.05, 0) is 68.5 Å². The molecule has 2 aliphatic rings. The molecular formula is C33H45N5O7. The van der Waals surface area contributed by atoms with Crippen LogP contribution in [0.25, 0.3) is 0 Å². The van der Waals surface area contributed by atoms with E-state index in [9.17, 15) is 19.2 Å². The quantitative estimate of drug-likeness (QED) is 0.407. The van der Waals surface area contributed by atoms with Crippen molar-refractivity contribution < 1.29 is 33.4 Å². The monoisotopic (exact) mass is 623 g/mol. The minimum Gasteiger partial charge on any atom is -0.496 e. The molecule has 0 unspecified atom stereocenters. The van der Waals surface area contributed by atoms with Gasteiger partial charge in [-0.15, -0.1) is 0 Å². The van der Waals surface area contributed by atoms with Crippen molar-refractivity contribution in [3.8, 4) is 23.0 Å². The number of hydrogen-bond donors (Lipinski definition) is 4. The fourth-order valence-corrected chi connectivity index (χ4v) is 5.52. The van der Waals surface area contributed by atoms with Crippen molar-refractivity contribution in [2.24, 2.45) is 5.92 Å². The normalized spacial score (nSPS) is 20.6. The molecule has 0 saturated carbocycles. The maximum absolute atomic E-state index is 13.5. The van der Waals surface area contributed by atoms with E-state index in [0.717, 1.165) is 19.4 Å². The summed E-state index contributed by atoms with van der Waals surface area (Å²) in [5.74, 6) is 0.193. The number of carbonyl (C=O) groups is 4. The second-order valence-electron chi connectivity index (χ2n) is 11.6. The second kappa shape index (κ2) is 16.1. The van der Waals surface area contributed by atoms with E-state index >= 15 is 0 Å². The summed E-state index contributed by atoms with van der Waals surface area (Å²) in [6.07, 6.45) is 3.83. The lowest BCUT2D eigenvalue weighted by Crippen LogP contribution is -2.55. The van der Waals surface area contributed by atoms with Crippen molar-refractivity contribution >= 4 is 23.6 Å². The third kappa shape index (κ3) is 8.87. The molecule has 12 heteroatoms. The Morgan fingerprint density at radius 2 is 1.71 bits per heavy atom. The third-order valence-corrected chi connectivity index (χ3v) is 8.06. The molecule has 2 aliphatic heterocycles. The lowest BCUT2D eigenvalue weighted by atomic mass is 10.0. The predicted molar refractivity (Wildman–Crippen MR) is 168 cm³/mol. The fourth-order valence-electron chi connectivity index (χ4n) is 5.52. The van der Waals surface area contributed by atoms with Crippen LogP contribution in [0.1, 0.15) is 61.9 Å². The molecule has 4 amide bonds. The van der Waals surface area contributed by atoms with E-state index in [-0.39, 0.29) is 42.8 Å². The van der Waals surface area contributed by atoms with Crippen molar-refractivity contribution in [3.63, 3.8) is 0 Å². The van der Waals surface area contributed by atoms with Gasteiger partial charge in [0.15, 0.2) is 11.5 Å². The number of ether oxygens (including phenoxy) is 3. The van der Waals surface area contributed by atoms with Crippen LogP contribution in [0.3, 0.4) is 0 Å². The number of carbonyl (C=O) groups excluding carboxylic acids is 4. The molecule has 2 aromatic rings. The van der Waals surface area contributed by atoms with Gasteiger partial charge in [-0.25, -0.2) is 0 Å². The van der Waals surface area contributed by atoms with E-state index in [4.69, 9.17) is 14.2 Å². The zero-order valence-corrected chi connectivity index (χ0v) is 26.6. The number of methoxy groups -OCH3 is 2. The number of nitrogens with zero attached hydrogens (tertiary/aromatic N) is 1. The third-order valence-electron chi connectivity index (χ3n) is 8.06. The molecule has 2 bridgehead atoms. The lowest BCUT2D eigenvalue weighted by Gasteiger charge is -2.30. The van der Waals surface area contributed by atoms with Gasteiger partial charge in [0.05, 0.1) is 38.9 Å². The van der Waals surface area contributed by atoms with Crippen molar-refractivity contribution in [2.75, 3.05) is 40.4 Å². The average Bonchev–Trinajstić information content (AvgIpc) is 3.05. The first kappa shape index (κ1) is 33.6. The largest absolute Gasteiger partial charge is 0.496 e. The molecule has 0 aliphatic carbocycles. The summed E-state index contributed by atoms with van der Waals surface area (Å²) in [6, 6.07) is 8.99. The molecule has 4 N–H and O–H groups in total. The average molecular weight is 624 g/mol. The standard InChI is InChI=1S/C33H45N5O7/c1-21(2)30-32(41)36-19-23-25(43-3)11-9-12-26(23)45-28-18-22(13-14-27(28)44-4)31(40)35-16-7-8-17-38(20-29(39)37-30)33(42)24-10-5-6-15-34-24/h9,11-14,18,21,24,30,34H,5-8,10,15-17,19-20H2,1-4H3,(H,35,40)(H,36,41)(H,37,39)/t24-,30+/m0/s1. The van der Waals surface area contributed by atoms with Crippen LogP contribution in [0.5, 0.6) is 23.0 Å². The summed E-state index contributed by atoms with van der Waals surface area (Å²) in [5, 5.41) is 12.0. The van der Waals surface area contributed by atoms with Crippen molar-refractivity contribution in [1.82, 2.24) is 26.2 Å². The van der Waals surface area contributed by atoms with Crippen molar-refractivity contribution in [2.45, 2.75) is 64.6 Å². The van der Waals surface area contributed by atoms with E-state index in [0.29, 0.717) is 66.5 Å². The van der Waals surface area contributed by atoms with Crippen LogP contribution in [0.2, 0.25) is 0 Å². The van der Waals surface area contributed by atoms with Crippen LogP contribution < -0.4 is 35.5 Å². The van der Waals surface area contributed by atoms with Gasteiger partial charge in [0.1, 0.15) is 17.5 Å². The highest BCUT2D eigenvalue weighted by molar-refractivity contribution is 5.95. The minimum atomic E-state index is -0.834. The molecule has 4 rings (SSSR count). The van der Waals surface area contributed by atoms with Gasteiger partial charge >= 0.3 is 0 Å². The number of nitrogens with one attached hydrogen (secondary N) is 4. The van der Waals surface area contributed by atoms with E-state index in [2.05, 4.69) is 21.3 Å². The van der Waals surface area contributed by atoms with E-state index in [1.807, 2.05) is 13.8 Å². The minimum absolute atomic E-state index is 0.0394. The Kier molecular flexibility index (Phi) is 12.0. The highest BCUT2D eigenvalue weighted by Crippen LogP contribution is 2.37. The molecule has 1 saturated heterocycles. The van der Waals surface area contributed by atoms with Gasteiger partial charge in [0.25, 0.3) is 5.91 Å². The first-order chi connectivity index (χ1) is 21.7. The number of piperidine rings is 1. The van der Waals surface area contributed by atoms with E-state index in [1.54, 1.807) is 41.3 Å². The summed E-state index contributed by atoms with van der Waals surface area (Å²) >= 11 is 0. The molecule has 2 heterocycles. The lowest BCUT2D eigenvalue weighted by molar-refractivity contribution is -0.139. The number of amides is 4. The number of hydrogen-bond acceptors (Lipinski definition) is 8. The number of rotatable bonds is 4. The van der Waals surface area contributed by atoms with Gasteiger partial charge in [-0.1, -0.05) is 26.3 Å². The highest BCUT2D eigenvalue weighted by Gasteiger charge is 2.30. The molecule has 244 valence electrons. The number of fused-ring (bicyclic) bond motifs is 3. The zero-order valence-electron chi connectivity index (χ0n) is 26.6. The summed E-state index contributed by atoms with van der Waals surface area (Å²) in [5.41, 5.74) is 0.944. The fraction of sp³-hybridized carbons (Fsp3) is 0.515. The van der Waals surface area contributed by atoms with Gasteiger partial charge in [0, 0.05) is 18.7 Å². The van der Waals surface area contributed by atoms with E-state index < -0.39 is 11.9 Å². The van der Waals surface area contributed by atoms with Crippen LogP contribution in [-0.4, -0.2) is 81.0 Å². The van der Waals surface area contributed by atoms with Crippen LogP contribution in [0, 0.1) is 5.92 Å². The molecule has 12 nitrogen and oxygen atoms in total. The molecule has 0 spiro atoms. The summed E-state index contributed by atoms with van der Waals surface area (Å²) < 4.78 is 17.3. The first-order valence-electron chi connectivity index (χ1n) is 15.6. The maximum atomic E-state index is 13.5. The SMILES string of the molecule is COc1ccc2cc1Oc1cccc(OC)c1CNC(=O)[C@@H](C(C)C)NC(=O)CN(C(=O)[C@@H]1CCCCN1)CCCCNC2=O. The molecule has 0 aromatic heterocycles. The topological polar surface area (TPSA) is 147 Å². The number of benzene rings is 2. The van der Waals surface area contributed by atoms with Crippen LogP contribution in [-0.2, 0) is 20.9 Å². The Bertz CT molecular complexity index is 1360. The van der Waals surface area contributed by atoms with Crippen LogP contribution >= 0.6 is 0 Å². The van der Waals surface area contributed by atoms with Crippen LogP contribution in [0.15, 0.2) is 36.4 Å². The van der Waals surface area contributed by atoms with Gasteiger partial charge in [-0.2, -0.15) is 0 Å². The smallest absolute Gasteiger partial charge is 0.251 e. The molecule has 0 radical (unpaired) electrons. The Morgan fingerprint density at radius 3 is 2.42 bits per heavy atom. The Labute approximate surface area is 264 Å². The maximum Gasteiger partial charge on any atom is 0.251 e. The summed E-state index contributed by atoms with van der Waals surface area (Å²) in [7, 11) is 3.03. The highest BCUT2D eigenvalue weighted by atomic mass is 16.5. The van der Waals surface area contributed by atoms with Crippen molar-refractivity contribution in [3.05, 3.63) is 47.5 Å². The molecule has 45 heavy (non-hydrogen) atoms. The first-order valence-corrected chi connectivity index (χ1v) is 15.6. The van der Waals surface area contributed by atoms with Gasteiger partial charge in [0.2, 0.25) is 17.7 Å². The Balaban J connectivity index is 1.64.